The first-order valence-electron chi connectivity index (χ1n) is 6.15. The number of phenolic OH excluding ortho intramolecular Hbond substituents is 1. The molecule has 0 aliphatic heterocycles. The summed E-state index contributed by atoms with van der Waals surface area (Å²) in [4.78, 5) is 11.7. The summed E-state index contributed by atoms with van der Waals surface area (Å²) in [6, 6.07) is 8.93. The molecule has 2 rings (SSSR count). The third kappa shape index (κ3) is 4.88. The number of nitrogens with one attached hydrogen (secondary N) is 1. The topological polar surface area (TPSA) is 74.8 Å². The lowest BCUT2D eigenvalue weighted by Crippen LogP contribution is -2.17. The van der Waals surface area contributed by atoms with E-state index in [2.05, 4.69) is 10.5 Å². The molecule has 2 aromatic rings. The van der Waals surface area contributed by atoms with Crippen LogP contribution >= 0.6 is 11.8 Å². The van der Waals surface area contributed by atoms with E-state index in [4.69, 9.17) is 4.42 Å². The van der Waals surface area contributed by atoms with Crippen LogP contribution in [0.1, 0.15) is 21.9 Å². The summed E-state index contributed by atoms with van der Waals surface area (Å²) >= 11 is 0.460. The zero-order valence-electron chi connectivity index (χ0n) is 11.2. The fraction of sp³-hybridized carbons (Fsp3) is 0.143. The smallest absolute Gasteiger partial charge is 0.284 e. The summed E-state index contributed by atoms with van der Waals surface area (Å²) in [6.45, 7) is 0. The molecule has 1 heterocycles. The highest BCUT2D eigenvalue weighted by Crippen LogP contribution is 2.20. The average molecular weight is 326 g/mol. The van der Waals surface area contributed by atoms with Crippen molar-refractivity contribution < 1.29 is 23.1 Å². The number of amides is 1. The zero-order valence-corrected chi connectivity index (χ0v) is 12.0. The molecule has 0 fully saturated rings. The zero-order chi connectivity index (χ0) is 15.9. The number of hydrogen-bond donors (Lipinski definition) is 2. The number of phenols is 1. The van der Waals surface area contributed by atoms with Gasteiger partial charge in [-0.1, -0.05) is 17.8 Å². The minimum absolute atomic E-state index is 0.0242. The Labute approximate surface area is 129 Å². The summed E-state index contributed by atoms with van der Waals surface area (Å²) in [6.07, 6.45) is 1.26. The molecule has 1 aromatic heterocycles. The molecule has 0 atom stereocenters. The number of carbonyl (C=O) groups excluding carboxylic acids is 1. The number of halogens is 2. The van der Waals surface area contributed by atoms with Crippen molar-refractivity contribution in [3.63, 3.8) is 0 Å². The van der Waals surface area contributed by atoms with E-state index >= 15 is 0 Å². The van der Waals surface area contributed by atoms with Crippen molar-refractivity contribution in [3.05, 3.63) is 53.5 Å². The number of alkyl halides is 2. The van der Waals surface area contributed by atoms with Crippen molar-refractivity contribution in [1.82, 2.24) is 5.43 Å². The summed E-state index contributed by atoms with van der Waals surface area (Å²) in [7, 11) is 0. The van der Waals surface area contributed by atoms with E-state index in [1.165, 1.54) is 30.5 Å². The Morgan fingerprint density at radius 1 is 1.41 bits per heavy atom. The molecule has 0 bridgehead atoms. The van der Waals surface area contributed by atoms with Gasteiger partial charge in [0.2, 0.25) is 0 Å². The van der Waals surface area contributed by atoms with E-state index in [1.807, 2.05) is 0 Å². The molecule has 8 heteroatoms. The lowest BCUT2D eigenvalue weighted by molar-refractivity contribution is 0.0954. The van der Waals surface area contributed by atoms with Crippen LogP contribution < -0.4 is 5.43 Å². The third-order valence-corrected chi connectivity index (χ3v) is 3.20. The number of nitrogens with zero attached hydrogens (tertiary/aromatic N) is 1. The second-order valence-electron chi connectivity index (χ2n) is 4.13. The lowest BCUT2D eigenvalue weighted by atomic mass is 10.2. The number of hydrogen-bond acceptors (Lipinski definition) is 5. The highest BCUT2D eigenvalue weighted by molar-refractivity contribution is 7.98. The van der Waals surface area contributed by atoms with Crippen LogP contribution in [0.3, 0.4) is 0 Å². The van der Waals surface area contributed by atoms with Gasteiger partial charge in [0.25, 0.3) is 11.7 Å². The molecule has 0 aliphatic carbocycles. The molecule has 0 saturated carbocycles. The van der Waals surface area contributed by atoms with Crippen LogP contribution in [-0.4, -0.2) is 23.0 Å². The van der Waals surface area contributed by atoms with Gasteiger partial charge in [-0.25, -0.2) is 5.43 Å². The van der Waals surface area contributed by atoms with Crippen molar-refractivity contribution in [3.8, 4) is 5.75 Å². The van der Waals surface area contributed by atoms with Gasteiger partial charge in [0.05, 0.1) is 12.0 Å². The predicted octanol–water partition coefficient (Wildman–Crippen LogP) is 3.20. The van der Waals surface area contributed by atoms with E-state index in [0.29, 0.717) is 23.3 Å². The summed E-state index contributed by atoms with van der Waals surface area (Å²) in [5, 5.41) is 13.0. The van der Waals surface area contributed by atoms with Crippen LogP contribution in [0.15, 0.2) is 45.9 Å². The van der Waals surface area contributed by atoms with Crippen LogP contribution in [-0.2, 0) is 5.75 Å². The maximum atomic E-state index is 12.0. The molecular weight excluding hydrogens is 314 g/mol. The van der Waals surface area contributed by atoms with E-state index in [9.17, 15) is 18.7 Å². The summed E-state index contributed by atoms with van der Waals surface area (Å²) in [5.41, 5.74) is 2.52. The Kier molecular flexibility index (Phi) is 5.54. The van der Waals surface area contributed by atoms with Crippen molar-refractivity contribution in [2.45, 2.75) is 11.5 Å². The van der Waals surface area contributed by atoms with Crippen LogP contribution in [0.2, 0.25) is 0 Å². The first-order valence-corrected chi connectivity index (χ1v) is 7.20. The maximum Gasteiger partial charge on any atom is 0.284 e. The van der Waals surface area contributed by atoms with Crippen molar-refractivity contribution >= 4 is 23.9 Å². The van der Waals surface area contributed by atoms with Gasteiger partial charge in [-0.2, -0.15) is 13.9 Å². The van der Waals surface area contributed by atoms with Crippen molar-refractivity contribution in [2.75, 3.05) is 0 Å². The van der Waals surface area contributed by atoms with E-state index in [-0.39, 0.29) is 17.1 Å². The minimum atomic E-state index is -2.45. The number of benzene rings is 1. The van der Waals surface area contributed by atoms with Gasteiger partial charge in [0, 0.05) is 5.56 Å². The van der Waals surface area contributed by atoms with Crippen LogP contribution in [0, 0.1) is 0 Å². The largest absolute Gasteiger partial charge is 0.508 e. The number of thioether (sulfide) groups is 1. The number of rotatable bonds is 6. The van der Waals surface area contributed by atoms with E-state index in [1.54, 1.807) is 12.1 Å². The molecule has 0 aliphatic rings. The molecule has 2 N–H and O–H groups in total. The number of hydrazone groups is 1. The molecule has 0 unspecified atom stereocenters. The molecule has 0 spiro atoms. The summed E-state index contributed by atoms with van der Waals surface area (Å²) < 4.78 is 29.3. The second-order valence-corrected chi connectivity index (χ2v) is 5.10. The maximum absolute atomic E-state index is 12.0. The highest BCUT2D eigenvalue weighted by atomic mass is 32.2. The Bertz CT molecular complexity index is 674. The van der Waals surface area contributed by atoms with Crippen molar-refractivity contribution in [2.24, 2.45) is 5.10 Å². The summed E-state index contributed by atoms with van der Waals surface area (Å²) in [5.74, 6) is -2.19. The van der Waals surface area contributed by atoms with E-state index in [0.717, 1.165) is 0 Å². The average Bonchev–Trinajstić information content (AvgIpc) is 2.93. The normalized spacial score (nSPS) is 11.2. The first-order chi connectivity index (χ1) is 10.5. The van der Waals surface area contributed by atoms with Gasteiger partial charge in [-0.15, -0.1) is 0 Å². The minimum Gasteiger partial charge on any atom is -0.508 e. The Morgan fingerprint density at radius 3 is 2.95 bits per heavy atom. The second kappa shape index (κ2) is 7.60. The third-order valence-electron chi connectivity index (χ3n) is 2.50. The molecule has 116 valence electrons. The van der Waals surface area contributed by atoms with Gasteiger partial charge in [0.15, 0.2) is 0 Å². The van der Waals surface area contributed by atoms with Gasteiger partial charge in [-0.05, 0) is 30.3 Å². The molecule has 1 aromatic carbocycles. The standard InChI is InChI=1S/C14H12F2N2O3S/c15-14(16)22-8-12-5-4-11(21-12)7-17-18-13(20)9-2-1-3-10(19)6-9/h1-7,14,19H,8H2,(H,18,20)/b17-7-. The van der Waals surface area contributed by atoms with Gasteiger partial charge < -0.3 is 9.52 Å². The van der Waals surface area contributed by atoms with Crippen molar-refractivity contribution in [1.29, 1.82) is 0 Å². The first kappa shape index (κ1) is 16.0. The van der Waals surface area contributed by atoms with Gasteiger partial charge >= 0.3 is 0 Å². The van der Waals surface area contributed by atoms with Gasteiger partial charge in [0.1, 0.15) is 17.3 Å². The van der Waals surface area contributed by atoms with Crippen LogP contribution in [0.5, 0.6) is 5.75 Å². The molecule has 1 amide bonds. The Morgan fingerprint density at radius 2 is 2.23 bits per heavy atom. The number of carbonyl (C=O) groups is 1. The fourth-order valence-corrected chi connectivity index (χ4v) is 2.00. The Hall–Kier alpha value is -2.35. The van der Waals surface area contributed by atoms with Gasteiger partial charge in [-0.3, -0.25) is 4.79 Å². The molecule has 0 saturated heterocycles. The molecule has 22 heavy (non-hydrogen) atoms. The van der Waals surface area contributed by atoms with Crippen LogP contribution in [0.4, 0.5) is 8.78 Å². The SMILES string of the molecule is O=C(N/N=C\c1ccc(CSC(F)F)o1)c1cccc(O)c1. The molecular formula is C14H12F2N2O3S. The predicted molar refractivity (Wildman–Crippen MR) is 79.2 cm³/mol. The highest BCUT2D eigenvalue weighted by Gasteiger charge is 2.07. The number of furan rings is 1. The van der Waals surface area contributed by atoms with E-state index < -0.39 is 11.7 Å². The molecule has 0 radical (unpaired) electrons. The fourth-order valence-electron chi connectivity index (χ4n) is 1.55. The van der Waals surface area contributed by atoms with Crippen LogP contribution in [0.25, 0.3) is 0 Å². The quantitative estimate of drug-likeness (QED) is 0.631. The number of aromatic hydroxyl groups is 1. The molecule has 5 nitrogen and oxygen atoms in total. The lowest BCUT2D eigenvalue weighted by Gasteiger charge is -1.99. The monoisotopic (exact) mass is 326 g/mol. The Balaban J connectivity index is 1.88.